The zero-order chi connectivity index (χ0) is 18.5. The Morgan fingerprint density at radius 3 is 2.62 bits per heavy atom. The molecule has 26 heavy (non-hydrogen) atoms. The van der Waals surface area contributed by atoms with Crippen LogP contribution in [-0.4, -0.2) is 57.0 Å². The molecule has 3 atom stereocenters. The average Bonchev–Trinajstić information content (AvgIpc) is 3.13. The largest absolute Gasteiger partial charge is 0.342 e. The number of amides is 2. The van der Waals surface area contributed by atoms with Crippen molar-refractivity contribution in [2.45, 2.75) is 51.1 Å². The van der Waals surface area contributed by atoms with Crippen LogP contribution in [0.25, 0.3) is 0 Å². The SMILES string of the molecule is C[C@@H]1C[C@H]1C(=O)N1Cc2ccnn2[C@H](CC(=O)N2CCC(F)(F)CC2)C1. The van der Waals surface area contributed by atoms with Gasteiger partial charge in [0.25, 0.3) is 5.92 Å². The van der Waals surface area contributed by atoms with Crippen LogP contribution in [0.15, 0.2) is 12.3 Å². The van der Waals surface area contributed by atoms with Crippen molar-refractivity contribution < 1.29 is 18.4 Å². The number of nitrogens with zero attached hydrogens (tertiary/aromatic N) is 4. The molecule has 0 aromatic carbocycles. The highest BCUT2D eigenvalue weighted by molar-refractivity contribution is 5.82. The Kier molecular flexibility index (Phi) is 4.23. The topological polar surface area (TPSA) is 58.4 Å². The van der Waals surface area contributed by atoms with E-state index < -0.39 is 5.92 Å². The predicted molar refractivity (Wildman–Crippen MR) is 89.3 cm³/mol. The molecule has 2 fully saturated rings. The van der Waals surface area contributed by atoms with Crippen LogP contribution in [0.5, 0.6) is 0 Å². The maximum atomic E-state index is 13.3. The minimum atomic E-state index is -2.67. The Labute approximate surface area is 151 Å². The molecule has 0 radical (unpaired) electrons. The van der Waals surface area contributed by atoms with E-state index in [9.17, 15) is 18.4 Å². The second-order valence-electron chi connectivity index (χ2n) is 7.90. The van der Waals surface area contributed by atoms with Crippen molar-refractivity contribution in [2.24, 2.45) is 11.8 Å². The number of hydrogen-bond donors (Lipinski definition) is 0. The number of likely N-dealkylation sites (tertiary alicyclic amines) is 1. The van der Waals surface area contributed by atoms with E-state index in [4.69, 9.17) is 0 Å². The van der Waals surface area contributed by atoms with Crippen molar-refractivity contribution in [3.8, 4) is 0 Å². The van der Waals surface area contributed by atoms with Gasteiger partial charge in [0.05, 0.1) is 24.7 Å². The number of alkyl halides is 2. The number of carbonyl (C=O) groups is 2. The Hall–Kier alpha value is -1.99. The van der Waals surface area contributed by atoms with E-state index in [1.165, 1.54) is 4.90 Å². The van der Waals surface area contributed by atoms with Crippen LogP contribution >= 0.6 is 0 Å². The molecule has 1 aliphatic carbocycles. The maximum absolute atomic E-state index is 13.3. The number of carbonyl (C=O) groups excluding carboxylic acids is 2. The lowest BCUT2D eigenvalue weighted by molar-refractivity contribution is -0.141. The molecule has 1 saturated carbocycles. The van der Waals surface area contributed by atoms with Crippen molar-refractivity contribution >= 4 is 11.8 Å². The quantitative estimate of drug-likeness (QED) is 0.823. The minimum Gasteiger partial charge on any atom is -0.342 e. The van der Waals surface area contributed by atoms with Crippen LogP contribution in [0, 0.1) is 11.8 Å². The molecule has 3 heterocycles. The predicted octanol–water partition coefficient (Wildman–Crippen LogP) is 2.07. The average molecular weight is 366 g/mol. The Morgan fingerprint density at radius 2 is 1.96 bits per heavy atom. The molecular weight excluding hydrogens is 342 g/mol. The van der Waals surface area contributed by atoms with Gasteiger partial charge in [0.15, 0.2) is 0 Å². The van der Waals surface area contributed by atoms with Crippen LogP contribution in [0.3, 0.4) is 0 Å². The highest BCUT2D eigenvalue weighted by atomic mass is 19.3. The summed E-state index contributed by atoms with van der Waals surface area (Å²) in [6, 6.07) is 1.64. The van der Waals surface area contributed by atoms with E-state index in [-0.39, 0.29) is 56.1 Å². The highest BCUT2D eigenvalue weighted by Gasteiger charge is 2.43. The number of hydrogen-bond acceptors (Lipinski definition) is 3. The maximum Gasteiger partial charge on any atom is 0.251 e. The number of halogens is 2. The lowest BCUT2D eigenvalue weighted by Crippen LogP contribution is -2.46. The van der Waals surface area contributed by atoms with E-state index in [0.717, 1.165) is 12.1 Å². The van der Waals surface area contributed by atoms with Crippen molar-refractivity contribution in [2.75, 3.05) is 19.6 Å². The van der Waals surface area contributed by atoms with Gasteiger partial charge >= 0.3 is 0 Å². The Morgan fingerprint density at radius 1 is 1.27 bits per heavy atom. The fourth-order valence-electron chi connectivity index (χ4n) is 4.02. The summed E-state index contributed by atoms with van der Waals surface area (Å²) in [5, 5.41) is 4.32. The van der Waals surface area contributed by atoms with Crippen molar-refractivity contribution in [3.63, 3.8) is 0 Å². The van der Waals surface area contributed by atoms with Gasteiger partial charge in [-0.2, -0.15) is 5.10 Å². The van der Waals surface area contributed by atoms with Crippen molar-refractivity contribution in [1.29, 1.82) is 0 Å². The van der Waals surface area contributed by atoms with Gasteiger partial charge in [-0.3, -0.25) is 14.3 Å². The molecule has 0 N–H and O–H groups in total. The van der Waals surface area contributed by atoms with Gasteiger partial charge in [0, 0.05) is 44.6 Å². The summed E-state index contributed by atoms with van der Waals surface area (Å²) in [5.41, 5.74) is 0.917. The van der Waals surface area contributed by atoms with Gasteiger partial charge in [-0.15, -0.1) is 0 Å². The number of fused-ring (bicyclic) bond motifs is 1. The number of rotatable bonds is 3. The molecule has 2 aliphatic heterocycles. The molecule has 1 aromatic rings. The van der Waals surface area contributed by atoms with E-state index >= 15 is 0 Å². The second kappa shape index (κ2) is 6.32. The van der Waals surface area contributed by atoms with Crippen molar-refractivity contribution in [1.82, 2.24) is 19.6 Å². The van der Waals surface area contributed by atoms with E-state index in [1.54, 1.807) is 6.20 Å². The van der Waals surface area contributed by atoms with Crippen molar-refractivity contribution in [3.05, 3.63) is 18.0 Å². The Bertz CT molecular complexity index is 710. The van der Waals surface area contributed by atoms with E-state index in [0.29, 0.717) is 19.0 Å². The fraction of sp³-hybridized carbons (Fsp3) is 0.722. The summed E-state index contributed by atoms with van der Waals surface area (Å²) in [7, 11) is 0. The molecule has 8 heteroatoms. The van der Waals surface area contributed by atoms with Crippen LogP contribution in [0.2, 0.25) is 0 Å². The summed E-state index contributed by atoms with van der Waals surface area (Å²) < 4.78 is 28.4. The van der Waals surface area contributed by atoms with Crippen LogP contribution < -0.4 is 0 Å². The molecule has 142 valence electrons. The normalized spacial score (nSPS) is 30.0. The first kappa shape index (κ1) is 17.4. The Balaban J connectivity index is 1.43. The molecule has 1 saturated heterocycles. The van der Waals surface area contributed by atoms with Gasteiger partial charge in [-0.05, 0) is 18.4 Å². The second-order valence-corrected chi connectivity index (χ2v) is 7.90. The third kappa shape index (κ3) is 3.33. The summed E-state index contributed by atoms with van der Waals surface area (Å²) in [6.07, 6.45) is 2.24. The van der Waals surface area contributed by atoms with Gasteiger partial charge < -0.3 is 9.80 Å². The molecule has 6 nitrogen and oxygen atoms in total. The molecule has 0 bridgehead atoms. The van der Waals surface area contributed by atoms with Crippen LogP contribution in [0.4, 0.5) is 8.78 Å². The summed E-state index contributed by atoms with van der Waals surface area (Å²) >= 11 is 0. The first-order valence-corrected chi connectivity index (χ1v) is 9.31. The van der Waals surface area contributed by atoms with Gasteiger partial charge in [-0.25, -0.2) is 8.78 Å². The molecular formula is C18H24F2N4O2. The molecule has 2 amide bonds. The highest BCUT2D eigenvalue weighted by Crippen LogP contribution is 2.40. The molecule has 3 aliphatic rings. The number of aromatic nitrogens is 2. The minimum absolute atomic E-state index is 0.0900. The molecule has 0 spiro atoms. The zero-order valence-corrected chi connectivity index (χ0v) is 14.9. The summed E-state index contributed by atoms with van der Waals surface area (Å²) in [6.45, 7) is 3.22. The monoisotopic (exact) mass is 366 g/mol. The van der Waals surface area contributed by atoms with Gasteiger partial charge in [0.1, 0.15) is 0 Å². The molecule has 0 unspecified atom stereocenters. The summed E-state index contributed by atoms with van der Waals surface area (Å²) in [4.78, 5) is 28.6. The van der Waals surface area contributed by atoms with Gasteiger partial charge in [-0.1, -0.05) is 6.92 Å². The van der Waals surface area contributed by atoms with Crippen LogP contribution in [-0.2, 0) is 16.1 Å². The fourth-order valence-corrected chi connectivity index (χ4v) is 4.02. The number of piperidine rings is 1. The smallest absolute Gasteiger partial charge is 0.251 e. The van der Waals surface area contributed by atoms with E-state index in [2.05, 4.69) is 12.0 Å². The third-order valence-electron chi connectivity index (χ3n) is 5.88. The lowest BCUT2D eigenvalue weighted by Gasteiger charge is -2.36. The first-order chi connectivity index (χ1) is 12.3. The summed E-state index contributed by atoms with van der Waals surface area (Å²) in [5.74, 6) is -2.11. The van der Waals surface area contributed by atoms with Gasteiger partial charge in [0.2, 0.25) is 11.8 Å². The molecule has 1 aromatic heterocycles. The molecule has 4 rings (SSSR count). The third-order valence-corrected chi connectivity index (χ3v) is 5.88. The van der Waals surface area contributed by atoms with E-state index in [1.807, 2.05) is 15.6 Å². The lowest BCUT2D eigenvalue weighted by atomic mass is 10.0. The first-order valence-electron chi connectivity index (χ1n) is 9.31. The van der Waals surface area contributed by atoms with Crippen LogP contribution in [0.1, 0.15) is 44.3 Å². The zero-order valence-electron chi connectivity index (χ0n) is 14.9. The standard InChI is InChI=1S/C18H24F2N4O2/c1-12-8-15(12)17(26)23-10-13-2-5-21-24(13)14(11-23)9-16(25)22-6-3-18(19,20)4-7-22/h2,5,12,14-15H,3-4,6-11H2,1H3/t12-,14-,15-/m1/s1.